The third kappa shape index (κ3) is 3.72. The summed E-state index contributed by atoms with van der Waals surface area (Å²) in [5.74, 6) is -1.65. The maximum atomic E-state index is 12.2. The second-order valence-electron chi connectivity index (χ2n) is 6.11. The number of nitrogens with one attached hydrogen (secondary N) is 1. The molecule has 0 radical (unpaired) electrons. The quantitative estimate of drug-likeness (QED) is 0.801. The van der Waals surface area contributed by atoms with E-state index >= 15 is 0 Å². The molecule has 2 fully saturated rings. The molecule has 5 heteroatoms. The van der Waals surface area contributed by atoms with Crippen LogP contribution in [0.3, 0.4) is 0 Å². The van der Waals surface area contributed by atoms with Crippen LogP contribution in [-0.4, -0.2) is 47.6 Å². The minimum atomic E-state index is -0.819. The number of piperidine rings is 1. The van der Waals surface area contributed by atoms with Crippen LogP contribution in [0, 0.1) is 11.8 Å². The van der Waals surface area contributed by atoms with E-state index in [1.54, 1.807) is 0 Å². The summed E-state index contributed by atoms with van der Waals surface area (Å²) in [7, 11) is 0. The van der Waals surface area contributed by atoms with Crippen LogP contribution in [0.1, 0.15) is 45.4 Å². The van der Waals surface area contributed by atoms with Crippen molar-refractivity contribution in [2.24, 2.45) is 11.8 Å². The average molecular weight is 282 g/mol. The van der Waals surface area contributed by atoms with E-state index in [2.05, 4.69) is 17.1 Å². The molecule has 1 heterocycles. The molecule has 1 amide bonds. The SMILES string of the molecule is CCCN1CCC(NC(=O)C2CCCC2C(=O)O)CC1. The number of hydrogen-bond acceptors (Lipinski definition) is 3. The lowest BCUT2D eigenvalue weighted by atomic mass is 9.94. The summed E-state index contributed by atoms with van der Waals surface area (Å²) < 4.78 is 0. The number of aliphatic carboxylic acids is 1. The van der Waals surface area contributed by atoms with E-state index in [0.29, 0.717) is 6.42 Å². The number of carboxylic acids is 1. The lowest BCUT2D eigenvalue weighted by Crippen LogP contribution is -2.47. The van der Waals surface area contributed by atoms with E-state index in [9.17, 15) is 9.59 Å². The van der Waals surface area contributed by atoms with Crippen molar-refractivity contribution >= 4 is 11.9 Å². The summed E-state index contributed by atoms with van der Waals surface area (Å²) in [4.78, 5) is 25.8. The summed E-state index contributed by atoms with van der Waals surface area (Å²) in [6.07, 6.45) is 5.34. The summed E-state index contributed by atoms with van der Waals surface area (Å²) in [5, 5.41) is 12.2. The first-order chi connectivity index (χ1) is 9.61. The van der Waals surface area contributed by atoms with Crippen LogP contribution in [-0.2, 0) is 9.59 Å². The van der Waals surface area contributed by atoms with Crippen molar-refractivity contribution in [3.8, 4) is 0 Å². The number of hydrogen-bond donors (Lipinski definition) is 2. The normalized spacial score (nSPS) is 28.4. The molecule has 5 nitrogen and oxygen atoms in total. The van der Waals surface area contributed by atoms with Gasteiger partial charge in [-0.1, -0.05) is 13.3 Å². The fourth-order valence-corrected chi connectivity index (χ4v) is 3.49. The van der Waals surface area contributed by atoms with Gasteiger partial charge in [0.2, 0.25) is 5.91 Å². The van der Waals surface area contributed by atoms with Gasteiger partial charge in [-0.3, -0.25) is 9.59 Å². The first-order valence-electron chi connectivity index (χ1n) is 7.87. The number of carboxylic acid groups (broad SMARTS) is 1. The molecule has 2 rings (SSSR count). The number of likely N-dealkylation sites (tertiary alicyclic amines) is 1. The van der Waals surface area contributed by atoms with Crippen molar-refractivity contribution in [3.05, 3.63) is 0 Å². The molecule has 0 bridgehead atoms. The van der Waals surface area contributed by atoms with Gasteiger partial charge in [0.25, 0.3) is 0 Å². The maximum absolute atomic E-state index is 12.2. The van der Waals surface area contributed by atoms with Gasteiger partial charge in [0, 0.05) is 19.1 Å². The monoisotopic (exact) mass is 282 g/mol. The van der Waals surface area contributed by atoms with Crippen molar-refractivity contribution in [1.82, 2.24) is 10.2 Å². The number of nitrogens with zero attached hydrogens (tertiary/aromatic N) is 1. The molecule has 0 aromatic carbocycles. The highest BCUT2D eigenvalue weighted by molar-refractivity contribution is 5.85. The Morgan fingerprint density at radius 1 is 1.15 bits per heavy atom. The molecule has 1 saturated heterocycles. The minimum Gasteiger partial charge on any atom is -0.481 e. The zero-order chi connectivity index (χ0) is 14.5. The van der Waals surface area contributed by atoms with Crippen LogP contribution in [0.2, 0.25) is 0 Å². The van der Waals surface area contributed by atoms with Crippen molar-refractivity contribution in [2.45, 2.75) is 51.5 Å². The van der Waals surface area contributed by atoms with Crippen LogP contribution >= 0.6 is 0 Å². The first kappa shape index (κ1) is 15.3. The van der Waals surface area contributed by atoms with Crippen molar-refractivity contribution < 1.29 is 14.7 Å². The minimum absolute atomic E-state index is 0.0381. The Morgan fingerprint density at radius 3 is 2.40 bits per heavy atom. The Labute approximate surface area is 120 Å². The van der Waals surface area contributed by atoms with Gasteiger partial charge in [0.05, 0.1) is 11.8 Å². The fourth-order valence-electron chi connectivity index (χ4n) is 3.49. The molecule has 20 heavy (non-hydrogen) atoms. The fraction of sp³-hybridized carbons (Fsp3) is 0.867. The second kappa shape index (κ2) is 7.07. The number of amides is 1. The number of rotatable bonds is 5. The Kier molecular flexibility index (Phi) is 5.40. The molecule has 2 aliphatic rings. The van der Waals surface area contributed by atoms with Crippen LogP contribution in [0.4, 0.5) is 0 Å². The van der Waals surface area contributed by atoms with Gasteiger partial charge in [0.15, 0.2) is 0 Å². The van der Waals surface area contributed by atoms with E-state index in [1.165, 1.54) is 6.42 Å². The predicted molar refractivity (Wildman–Crippen MR) is 76.4 cm³/mol. The Bertz CT molecular complexity index is 351. The van der Waals surface area contributed by atoms with Gasteiger partial charge >= 0.3 is 5.97 Å². The molecule has 2 N–H and O–H groups in total. The molecule has 2 unspecified atom stereocenters. The lowest BCUT2D eigenvalue weighted by molar-refractivity contribution is -0.146. The third-order valence-corrected chi connectivity index (χ3v) is 4.64. The zero-order valence-corrected chi connectivity index (χ0v) is 12.3. The molecule has 1 aliphatic carbocycles. The first-order valence-corrected chi connectivity index (χ1v) is 7.87. The van der Waals surface area contributed by atoms with E-state index in [1.807, 2.05) is 0 Å². The molecule has 114 valence electrons. The van der Waals surface area contributed by atoms with Gasteiger partial charge in [-0.05, 0) is 38.6 Å². The third-order valence-electron chi connectivity index (χ3n) is 4.64. The molecular weight excluding hydrogens is 256 g/mol. The maximum Gasteiger partial charge on any atom is 0.307 e. The largest absolute Gasteiger partial charge is 0.481 e. The standard InChI is InChI=1S/C15H26N2O3/c1-2-8-17-9-6-11(7-10-17)16-14(18)12-4-3-5-13(12)15(19)20/h11-13H,2-10H2,1H3,(H,16,18)(H,19,20). The summed E-state index contributed by atoms with van der Waals surface area (Å²) >= 11 is 0. The van der Waals surface area contributed by atoms with E-state index in [4.69, 9.17) is 5.11 Å². The van der Waals surface area contributed by atoms with Crippen LogP contribution in [0.25, 0.3) is 0 Å². The predicted octanol–water partition coefficient (Wildman–Crippen LogP) is 1.48. The number of carbonyl (C=O) groups is 2. The molecule has 2 atom stereocenters. The molecule has 0 spiro atoms. The van der Waals surface area contributed by atoms with Crippen LogP contribution in [0.5, 0.6) is 0 Å². The van der Waals surface area contributed by atoms with Gasteiger partial charge in [-0.25, -0.2) is 0 Å². The van der Waals surface area contributed by atoms with Gasteiger partial charge in [0.1, 0.15) is 0 Å². The second-order valence-corrected chi connectivity index (χ2v) is 6.11. The van der Waals surface area contributed by atoms with Gasteiger partial charge in [-0.2, -0.15) is 0 Å². The van der Waals surface area contributed by atoms with E-state index in [-0.39, 0.29) is 17.9 Å². The average Bonchev–Trinajstić information content (AvgIpc) is 2.91. The highest BCUT2D eigenvalue weighted by atomic mass is 16.4. The Balaban J connectivity index is 1.79. The van der Waals surface area contributed by atoms with Gasteiger partial charge < -0.3 is 15.3 Å². The van der Waals surface area contributed by atoms with Crippen molar-refractivity contribution in [3.63, 3.8) is 0 Å². The Morgan fingerprint density at radius 2 is 1.80 bits per heavy atom. The van der Waals surface area contributed by atoms with Crippen LogP contribution < -0.4 is 5.32 Å². The molecular formula is C15H26N2O3. The summed E-state index contributed by atoms with van der Waals surface area (Å²) in [6.45, 7) is 5.38. The highest BCUT2D eigenvalue weighted by Gasteiger charge is 2.38. The smallest absolute Gasteiger partial charge is 0.307 e. The summed E-state index contributed by atoms with van der Waals surface area (Å²) in [5.41, 5.74) is 0. The molecule has 0 aromatic rings. The molecule has 0 aromatic heterocycles. The Hall–Kier alpha value is -1.10. The molecule has 1 saturated carbocycles. The van der Waals surface area contributed by atoms with E-state index < -0.39 is 11.9 Å². The van der Waals surface area contributed by atoms with Crippen molar-refractivity contribution in [2.75, 3.05) is 19.6 Å². The van der Waals surface area contributed by atoms with E-state index in [0.717, 1.165) is 45.3 Å². The van der Waals surface area contributed by atoms with Gasteiger partial charge in [-0.15, -0.1) is 0 Å². The highest BCUT2D eigenvalue weighted by Crippen LogP contribution is 2.32. The van der Waals surface area contributed by atoms with Crippen LogP contribution in [0.15, 0.2) is 0 Å². The van der Waals surface area contributed by atoms with Crippen molar-refractivity contribution in [1.29, 1.82) is 0 Å². The molecule has 1 aliphatic heterocycles. The summed E-state index contributed by atoms with van der Waals surface area (Å²) in [6, 6.07) is 0.227. The zero-order valence-electron chi connectivity index (χ0n) is 12.3. The topological polar surface area (TPSA) is 69.6 Å². The number of carbonyl (C=O) groups excluding carboxylic acids is 1. The lowest BCUT2D eigenvalue weighted by Gasteiger charge is -2.32.